The van der Waals surface area contributed by atoms with Crippen LogP contribution in [0.4, 0.5) is 0 Å². The van der Waals surface area contributed by atoms with Crippen molar-refractivity contribution in [3.05, 3.63) is 20.8 Å². The summed E-state index contributed by atoms with van der Waals surface area (Å²) in [5.41, 5.74) is 6.48. The van der Waals surface area contributed by atoms with Crippen LogP contribution in [-0.2, 0) is 0 Å². The van der Waals surface area contributed by atoms with E-state index in [1.54, 1.807) is 0 Å². The van der Waals surface area contributed by atoms with Crippen LogP contribution in [0.15, 0.2) is 15.9 Å². The van der Waals surface area contributed by atoms with Gasteiger partial charge in [0, 0.05) is 17.0 Å². The molecular formula is C16H27BrN2S. The van der Waals surface area contributed by atoms with Crippen molar-refractivity contribution in [3.63, 3.8) is 0 Å². The molecule has 1 heterocycles. The monoisotopic (exact) mass is 358 g/mol. The molecule has 1 aliphatic rings. The van der Waals surface area contributed by atoms with Gasteiger partial charge in [-0.15, -0.1) is 11.3 Å². The lowest BCUT2D eigenvalue weighted by atomic mass is 10.0. The smallest absolute Gasteiger partial charge is 0.0702 e. The number of thiophene rings is 1. The molecule has 0 amide bonds. The fourth-order valence-corrected chi connectivity index (χ4v) is 4.31. The quantitative estimate of drug-likeness (QED) is 0.722. The van der Waals surface area contributed by atoms with E-state index in [9.17, 15) is 0 Å². The summed E-state index contributed by atoms with van der Waals surface area (Å²) in [6.07, 6.45) is 4.98. The van der Waals surface area contributed by atoms with Gasteiger partial charge in [0.2, 0.25) is 0 Å². The number of nitrogens with two attached hydrogens (primary N) is 1. The van der Waals surface area contributed by atoms with Crippen LogP contribution in [-0.4, -0.2) is 23.5 Å². The van der Waals surface area contributed by atoms with Crippen LogP contribution in [0.5, 0.6) is 0 Å². The van der Waals surface area contributed by atoms with Crippen molar-refractivity contribution in [1.82, 2.24) is 4.90 Å². The molecule has 0 aliphatic heterocycles. The van der Waals surface area contributed by atoms with E-state index in [0.717, 1.165) is 18.4 Å². The highest BCUT2D eigenvalue weighted by Crippen LogP contribution is 2.40. The molecule has 20 heavy (non-hydrogen) atoms. The van der Waals surface area contributed by atoms with Crippen molar-refractivity contribution in [2.24, 2.45) is 11.7 Å². The molecular weight excluding hydrogens is 332 g/mol. The first kappa shape index (κ1) is 16.5. The second kappa shape index (κ2) is 7.39. The number of nitrogens with zero attached hydrogens (tertiary/aromatic N) is 1. The molecule has 114 valence electrons. The molecule has 1 fully saturated rings. The molecule has 2 unspecified atom stereocenters. The zero-order valence-corrected chi connectivity index (χ0v) is 15.2. The van der Waals surface area contributed by atoms with Gasteiger partial charge in [-0.2, -0.15) is 0 Å². The Morgan fingerprint density at radius 2 is 2.10 bits per heavy atom. The SMILES string of the molecule is CCC(N)C(c1ccc(Br)s1)N(CCC(C)C)C1CC1. The summed E-state index contributed by atoms with van der Waals surface area (Å²) < 4.78 is 1.21. The molecule has 2 nitrogen and oxygen atoms in total. The Morgan fingerprint density at radius 1 is 1.40 bits per heavy atom. The third-order valence-corrected chi connectivity index (χ3v) is 5.79. The summed E-state index contributed by atoms with van der Waals surface area (Å²) in [5.74, 6) is 0.754. The van der Waals surface area contributed by atoms with Gasteiger partial charge in [-0.25, -0.2) is 0 Å². The molecule has 1 aliphatic carbocycles. The molecule has 0 bridgehead atoms. The predicted octanol–water partition coefficient (Wildman–Crippen LogP) is 4.80. The normalized spacial score (nSPS) is 18.8. The molecule has 0 spiro atoms. The number of rotatable bonds is 8. The Balaban J connectivity index is 2.18. The standard InChI is InChI=1S/C16H27BrN2S/c1-4-13(18)16(14-7-8-15(17)20-14)19(12-5-6-12)10-9-11(2)3/h7-8,11-13,16H,4-6,9-10,18H2,1-3H3. The van der Waals surface area contributed by atoms with Crippen molar-refractivity contribution in [2.75, 3.05) is 6.54 Å². The minimum absolute atomic E-state index is 0.230. The van der Waals surface area contributed by atoms with E-state index < -0.39 is 0 Å². The Hall–Kier alpha value is 0.1000. The molecule has 4 heteroatoms. The van der Waals surface area contributed by atoms with Gasteiger partial charge in [-0.05, 0) is 66.2 Å². The minimum atomic E-state index is 0.230. The molecule has 2 rings (SSSR count). The van der Waals surface area contributed by atoms with E-state index in [1.807, 2.05) is 11.3 Å². The maximum atomic E-state index is 6.48. The van der Waals surface area contributed by atoms with Crippen molar-refractivity contribution < 1.29 is 0 Å². The van der Waals surface area contributed by atoms with Crippen molar-refractivity contribution in [3.8, 4) is 0 Å². The van der Waals surface area contributed by atoms with E-state index in [2.05, 4.69) is 53.7 Å². The first-order valence-corrected chi connectivity index (χ1v) is 9.40. The van der Waals surface area contributed by atoms with Crippen LogP contribution in [0.1, 0.15) is 57.4 Å². The third-order valence-electron chi connectivity index (χ3n) is 4.10. The molecule has 1 aromatic heterocycles. The summed E-state index contributed by atoms with van der Waals surface area (Å²) in [4.78, 5) is 4.11. The summed E-state index contributed by atoms with van der Waals surface area (Å²) in [6, 6.07) is 5.79. The molecule has 2 atom stereocenters. The fourth-order valence-electron chi connectivity index (χ4n) is 2.69. The molecule has 1 saturated carbocycles. The highest BCUT2D eigenvalue weighted by atomic mass is 79.9. The molecule has 0 saturated heterocycles. The van der Waals surface area contributed by atoms with E-state index >= 15 is 0 Å². The van der Waals surface area contributed by atoms with Crippen LogP contribution in [0.3, 0.4) is 0 Å². The minimum Gasteiger partial charge on any atom is -0.326 e. The summed E-state index contributed by atoms with van der Waals surface area (Å²) in [5, 5.41) is 0. The van der Waals surface area contributed by atoms with Crippen LogP contribution in [0.25, 0.3) is 0 Å². The van der Waals surface area contributed by atoms with E-state index in [-0.39, 0.29) is 6.04 Å². The number of halogens is 1. The topological polar surface area (TPSA) is 29.3 Å². The number of hydrogen-bond acceptors (Lipinski definition) is 3. The third kappa shape index (κ3) is 4.30. The largest absolute Gasteiger partial charge is 0.326 e. The lowest BCUT2D eigenvalue weighted by molar-refractivity contribution is 0.154. The first-order chi connectivity index (χ1) is 9.52. The van der Waals surface area contributed by atoms with E-state index in [1.165, 1.54) is 34.5 Å². The first-order valence-electron chi connectivity index (χ1n) is 7.79. The van der Waals surface area contributed by atoms with Gasteiger partial charge in [0.25, 0.3) is 0 Å². The summed E-state index contributed by atoms with van der Waals surface area (Å²) >= 11 is 5.44. The zero-order valence-electron chi connectivity index (χ0n) is 12.8. The second-order valence-electron chi connectivity index (χ2n) is 6.31. The van der Waals surface area contributed by atoms with Crippen LogP contribution < -0.4 is 5.73 Å². The average molecular weight is 359 g/mol. The average Bonchev–Trinajstić information content (AvgIpc) is 3.16. The van der Waals surface area contributed by atoms with Gasteiger partial charge in [-0.1, -0.05) is 20.8 Å². The highest BCUT2D eigenvalue weighted by molar-refractivity contribution is 9.11. The molecule has 0 aromatic carbocycles. The van der Waals surface area contributed by atoms with Crippen molar-refractivity contribution in [2.45, 2.75) is 64.6 Å². The molecule has 2 N–H and O–H groups in total. The Labute approximate surface area is 135 Å². The molecule has 0 radical (unpaired) electrons. The fraction of sp³-hybridized carbons (Fsp3) is 0.750. The van der Waals surface area contributed by atoms with Crippen LogP contribution in [0, 0.1) is 5.92 Å². The second-order valence-corrected chi connectivity index (χ2v) is 8.80. The summed E-state index contributed by atoms with van der Waals surface area (Å²) in [6.45, 7) is 7.99. The maximum absolute atomic E-state index is 6.48. The van der Waals surface area contributed by atoms with E-state index in [0.29, 0.717) is 6.04 Å². The maximum Gasteiger partial charge on any atom is 0.0702 e. The highest BCUT2D eigenvalue weighted by Gasteiger charge is 2.37. The lowest BCUT2D eigenvalue weighted by Crippen LogP contribution is -2.42. The van der Waals surface area contributed by atoms with Crippen LogP contribution in [0.2, 0.25) is 0 Å². The van der Waals surface area contributed by atoms with E-state index in [4.69, 9.17) is 5.73 Å². The Bertz CT molecular complexity index is 414. The van der Waals surface area contributed by atoms with Gasteiger partial charge in [-0.3, -0.25) is 4.90 Å². The summed E-state index contributed by atoms with van der Waals surface area (Å²) in [7, 11) is 0. The number of hydrogen-bond donors (Lipinski definition) is 1. The van der Waals surface area contributed by atoms with Gasteiger partial charge in [0.1, 0.15) is 0 Å². The predicted molar refractivity (Wildman–Crippen MR) is 92.2 cm³/mol. The van der Waals surface area contributed by atoms with Gasteiger partial charge >= 0.3 is 0 Å². The molecule has 1 aromatic rings. The van der Waals surface area contributed by atoms with Crippen molar-refractivity contribution in [1.29, 1.82) is 0 Å². The van der Waals surface area contributed by atoms with Gasteiger partial charge in [0.05, 0.1) is 9.83 Å². The van der Waals surface area contributed by atoms with Crippen molar-refractivity contribution >= 4 is 27.3 Å². The zero-order chi connectivity index (χ0) is 14.7. The van der Waals surface area contributed by atoms with Gasteiger partial charge < -0.3 is 5.73 Å². The lowest BCUT2D eigenvalue weighted by Gasteiger charge is -2.35. The van der Waals surface area contributed by atoms with Gasteiger partial charge in [0.15, 0.2) is 0 Å². The van der Waals surface area contributed by atoms with Crippen LogP contribution >= 0.6 is 27.3 Å². The Morgan fingerprint density at radius 3 is 2.55 bits per heavy atom. The Kier molecular flexibility index (Phi) is 6.09.